The number of hydrogen-bond donors (Lipinski definition) is 1. The van der Waals surface area contributed by atoms with Gasteiger partial charge >= 0.3 is 5.97 Å². The van der Waals surface area contributed by atoms with Crippen LogP contribution in [0.1, 0.15) is 37.4 Å². The predicted molar refractivity (Wildman–Crippen MR) is 106 cm³/mol. The number of nitrogens with one attached hydrogen (secondary N) is 1. The van der Waals surface area contributed by atoms with Crippen molar-refractivity contribution in [2.75, 3.05) is 20.3 Å². The fourth-order valence-corrected chi connectivity index (χ4v) is 2.80. The van der Waals surface area contributed by atoms with Crippen molar-refractivity contribution in [3.8, 4) is 11.5 Å². The molecule has 1 atom stereocenters. The van der Waals surface area contributed by atoms with Gasteiger partial charge in [-0.05, 0) is 49.2 Å². The molecule has 2 aromatic rings. The fourth-order valence-electron chi connectivity index (χ4n) is 2.80. The first-order valence-corrected chi connectivity index (χ1v) is 9.36. The van der Waals surface area contributed by atoms with Crippen LogP contribution in [-0.4, -0.2) is 32.2 Å². The highest BCUT2D eigenvalue weighted by Crippen LogP contribution is 2.22. The van der Waals surface area contributed by atoms with E-state index >= 15 is 0 Å². The molecule has 150 valence electrons. The number of rotatable bonds is 10. The zero-order chi connectivity index (χ0) is 20.4. The van der Waals surface area contributed by atoms with Crippen LogP contribution in [0, 0.1) is 0 Å². The standard InChI is InChI=1S/C22H27NO5/c1-4-27-18-11-9-16(10-12-18)13-21(24)23-20(15-22(25)28-5-2)17-7-6-8-19(14-17)26-3/h6-12,14,20H,4-5,13,15H2,1-3H3,(H,23,24). The summed E-state index contributed by atoms with van der Waals surface area (Å²) < 4.78 is 15.7. The summed E-state index contributed by atoms with van der Waals surface area (Å²) >= 11 is 0. The monoisotopic (exact) mass is 385 g/mol. The van der Waals surface area contributed by atoms with Gasteiger partial charge in [0.05, 0.1) is 39.2 Å². The lowest BCUT2D eigenvalue weighted by Crippen LogP contribution is -2.31. The van der Waals surface area contributed by atoms with Crippen LogP contribution < -0.4 is 14.8 Å². The molecule has 0 aliphatic carbocycles. The van der Waals surface area contributed by atoms with E-state index in [0.717, 1.165) is 16.9 Å². The summed E-state index contributed by atoms with van der Waals surface area (Å²) in [5.74, 6) is 0.883. The van der Waals surface area contributed by atoms with Crippen molar-refractivity contribution in [1.29, 1.82) is 0 Å². The van der Waals surface area contributed by atoms with Crippen LogP contribution in [-0.2, 0) is 20.7 Å². The topological polar surface area (TPSA) is 73.9 Å². The largest absolute Gasteiger partial charge is 0.497 e. The maximum absolute atomic E-state index is 12.6. The van der Waals surface area contributed by atoms with Gasteiger partial charge in [0, 0.05) is 0 Å². The first-order chi connectivity index (χ1) is 13.5. The average Bonchev–Trinajstić information content (AvgIpc) is 2.69. The van der Waals surface area contributed by atoms with Crippen molar-refractivity contribution in [2.45, 2.75) is 32.7 Å². The third-order valence-electron chi connectivity index (χ3n) is 4.11. The predicted octanol–water partition coefficient (Wildman–Crippen LogP) is 3.45. The molecule has 0 heterocycles. The van der Waals surface area contributed by atoms with Crippen molar-refractivity contribution in [3.05, 3.63) is 59.7 Å². The molecule has 6 heteroatoms. The third-order valence-corrected chi connectivity index (χ3v) is 4.11. The van der Waals surface area contributed by atoms with Gasteiger partial charge in [-0.2, -0.15) is 0 Å². The lowest BCUT2D eigenvalue weighted by molar-refractivity contribution is -0.143. The molecular weight excluding hydrogens is 358 g/mol. The highest BCUT2D eigenvalue weighted by atomic mass is 16.5. The molecule has 6 nitrogen and oxygen atoms in total. The molecule has 0 aliphatic heterocycles. The third kappa shape index (κ3) is 6.61. The quantitative estimate of drug-likeness (QED) is 0.634. The Morgan fingerprint density at radius 2 is 1.75 bits per heavy atom. The molecule has 28 heavy (non-hydrogen) atoms. The van der Waals surface area contributed by atoms with E-state index in [1.54, 1.807) is 20.1 Å². The molecule has 0 aliphatic rings. The van der Waals surface area contributed by atoms with E-state index in [2.05, 4.69) is 5.32 Å². The van der Waals surface area contributed by atoms with Gasteiger partial charge in [-0.25, -0.2) is 0 Å². The maximum Gasteiger partial charge on any atom is 0.308 e. The number of hydrogen-bond acceptors (Lipinski definition) is 5. The van der Waals surface area contributed by atoms with E-state index in [-0.39, 0.29) is 24.7 Å². The number of carbonyl (C=O) groups excluding carboxylic acids is 2. The lowest BCUT2D eigenvalue weighted by Gasteiger charge is -2.19. The summed E-state index contributed by atoms with van der Waals surface area (Å²) in [5.41, 5.74) is 1.65. The van der Waals surface area contributed by atoms with Gasteiger partial charge in [0.2, 0.25) is 5.91 Å². The molecule has 0 spiro atoms. The molecule has 0 saturated carbocycles. The summed E-state index contributed by atoms with van der Waals surface area (Å²) in [4.78, 5) is 24.6. The highest BCUT2D eigenvalue weighted by Gasteiger charge is 2.20. The van der Waals surface area contributed by atoms with Crippen LogP contribution in [0.3, 0.4) is 0 Å². The Bertz CT molecular complexity index is 773. The smallest absolute Gasteiger partial charge is 0.308 e. The lowest BCUT2D eigenvalue weighted by atomic mass is 10.0. The van der Waals surface area contributed by atoms with Crippen LogP contribution in [0.15, 0.2) is 48.5 Å². The molecule has 0 bridgehead atoms. The van der Waals surface area contributed by atoms with Gasteiger partial charge < -0.3 is 19.5 Å². The Labute approximate surface area is 165 Å². The minimum absolute atomic E-state index is 0.0516. The number of esters is 1. The Hall–Kier alpha value is -3.02. The summed E-state index contributed by atoms with van der Waals surface area (Å²) in [6.07, 6.45) is 0.256. The molecule has 1 unspecified atom stereocenters. The first-order valence-electron chi connectivity index (χ1n) is 9.36. The number of ether oxygens (including phenoxy) is 3. The number of benzene rings is 2. The van der Waals surface area contributed by atoms with Gasteiger partial charge in [0.25, 0.3) is 0 Å². The second-order valence-electron chi connectivity index (χ2n) is 6.16. The molecular formula is C22H27NO5. The van der Waals surface area contributed by atoms with Crippen LogP contribution >= 0.6 is 0 Å². The Kier molecular flexibility index (Phi) is 8.34. The molecule has 2 rings (SSSR count). The highest BCUT2D eigenvalue weighted by molar-refractivity contribution is 5.80. The Balaban J connectivity index is 2.09. The van der Waals surface area contributed by atoms with E-state index in [1.165, 1.54) is 0 Å². The van der Waals surface area contributed by atoms with Gasteiger partial charge in [-0.15, -0.1) is 0 Å². The minimum Gasteiger partial charge on any atom is -0.497 e. The van der Waals surface area contributed by atoms with Crippen molar-refractivity contribution >= 4 is 11.9 Å². The summed E-state index contributed by atoms with van der Waals surface area (Å²) in [6.45, 7) is 4.56. The van der Waals surface area contributed by atoms with Crippen LogP contribution in [0.25, 0.3) is 0 Å². The number of carbonyl (C=O) groups is 2. The molecule has 2 aromatic carbocycles. The van der Waals surface area contributed by atoms with E-state index < -0.39 is 6.04 Å². The van der Waals surface area contributed by atoms with Gasteiger partial charge in [-0.3, -0.25) is 9.59 Å². The number of methoxy groups -OCH3 is 1. The van der Waals surface area contributed by atoms with Gasteiger partial charge in [0.15, 0.2) is 0 Å². The summed E-state index contributed by atoms with van der Waals surface area (Å²) in [6, 6.07) is 14.2. The molecule has 0 aromatic heterocycles. The summed E-state index contributed by atoms with van der Waals surface area (Å²) in [5, 5.41) is 2.94. The zero-order valence-electron chi connectivity index (χ0n) is 16.6. The molecule has 0 radical (unpaired) electrons. The maximum atomic E-state index is 12.6. The molecule has 1 amide bonds. The van der Waals surface area contributed by atoms with Gasteiger partial charge in [-0.1, -0.05) is 24.3 Å². The fraction of sp³-hybridized carbons (Fsp3) is 0.364. The van der Waals surface area contributed by atoms with Crippen LogP contribution in [0.4, 0.5) is 0 Å². The van der Waals surface area contributed by atoms with Crippen LogP contribution in [0.5, 0.6) is 11.5 Å². The summed E-state index contributed by atoms with van der Waals surface area (Å²) in [7, 11) is 1.57. The van der Waals surface area contributed by atoms with E-state index in [1.807, 2.05) is 49.4 Å². The van der Waals surface area contributed by atoms with E-state index in [0.29, 0.717) is 19.0 Å². The minimum atomic E-state index is -0.496. The van der Waals surface area contributed by atoms with Crippen molar-refractivity contribution in [2.24, 2.45) is 0 Å². The second kappa shape index (κ2) is 11.0. The van der Waals surface area contributed by atoms with E-state index in [9.17, 15) is 9.59 Å². The van der Waals surface area contributed by atoms with Crippen LogP contribution in [0.2, 0.25) is 0 Å². The average molecular weight is 385 g/mol. The molecule has 0 fully saturated rings. The van der Waals surface area contributed by atoms with Crippen molar-refractivity contribution in [3.63, 3.8) is 0 Å². The Morgan fingerprint density at radius 1 is 1.00 bits per heavy atom. The van der Waals surface area contributed by atoms with Gasteiger partial charge in [0.1, 0.15) is 11.5 Å². The molecule has 1 N–H and O–H groups in total. The second-order valence-corrected chi connectivity index (χ2v) is 6.16. The molecule has 0 saturated heterocycles. The van der Waals surface area contributed by atoms with Crippen molar-refractivity contribution in [1.82, 2.24) is 5.32 Å². The first kappa shape index (κ1) is 21.3. The number of amides is 1. The van der Waals surface area contributed by atoms with Crippen molar-refractivity contribution < 1.29 is 23.8 Å². The SMILES string of the molecule is CCOC(=O)CC(NC(=O)Cc1ccc(OCC)cc1)c1cccc(OC)c1. The normalized spacial score (nSPS) is 11.4. The van der Waals surface area contributed by atoms with E-state index in [4.69, 9.17) is 14.2 Å². The zero-order valence-corrected chi connectivity index (χ0v) is 16.6. The Morgan fingerprint density at radius 3 is 2.39 bits per heavy atom.